The molecule has 0 atom stereocenters. The molecule has 100 valence electrons. The van der Waals surface area contributed by atoms with E-state index in [4.69, 9.17) is 11.6 Å². The molecule has 2 aromatic carbocycles. The van der Waals surface area contributed by atoms with Gasteiger partial charge in [-0.2, -0.15) is 0 Å². The van der Waals surface area contributed by atoms with Gasteiger partial charge in [-0.05, 0) is 47.9 Å². The highest BCUT2D eigenvalue weighted by Gasteiger charge is 2.03. The van der Waals surface area contributed by atoms with Crippen LogP contribution < -0.4 is 5.32 Å². The fourth-order valence-electron chi connectivity index (χ4n) is 1.91. The van der Waals surface area contributed by atoms with Crippen LogP contribution >= 0.6 is 27.5 Å². The molecule has 0 saturated heterocycles. The van der Waals surface area contributed by atoms with Crippen molar-refractivity contribution in [3.63, 3.8) is 0 Å². The van der Waals surface area contributed by atoms with Gasteiger partial charge >= 0.3 is 0 Å². The van der Waals surface area contributed by atoms with E-state index in [1.54, 1.807) is 0 Å². The van der Waals surface area contributed by atoms with Crippen LogP contribution in [0, 0.1) is 0 Å². The summed E-state index contributed by atoms with van der Waals surface area (Å²) in [6.07, 6.45) is 1.13. The lowest BCUT2D eigenvalue weighted by molar-refractivity contribution is 0.675. The first-order valence-electron chi connectivity index (χ1n) is 6.46. The Labute approximate surface area is 128 Å². The Balaban J connectivity index is 2.16. The fourth-order valence-corrected chi connectivity index (χ4v) is 2.42. The topological polar surface area (TPSA) is 12.0 Å². The minimum absolute atomic E-state index is 0.823. The second-order valence-electron chi connectivity index (χ2n) is 4.49. The first-order valence-corrected chi connectivity index (χ1v) is 7.63. The van der Waals surface area contributed by atoms with Gasteiger partial charge in [0.1, 0.15) is 0 Å². The maximum Gasteiger partial charge on any atom is 0.0457 e. The minimum Gasteiger partial charge on any atom is -0.313 e. The Kier molecular flexibility index (Phi) is 5.44. The number of hydrogen-bond acceptors (Lipinski definition) is 1. The molecule has 0 aliphatic rings. The molecule has 0 aromatic heterocycles. The predicted octanol–water partition coefficient (Wildman–Crippen LogP) is 5.27. The van der Waals surface area contributed by atoms with Gasteiger partial charge in [0.25, 0.3) is 0 Å². The van der Waals surface area contributed by atoms with Crippen LogP contribution in [0.4, 0.5) is 0 Å². The summed E-state index contributed by atoms with van der Waals surface area (Å²) in [7, 11) is 0. The molecule has 0 amide bonds. The van der Waals surface area contributed by atoms with E-state index >= 15 is 0 Å². The number of halogens is 2. The molecule has 0 spiro atoms. The van der Waals surface area contributed by atoms with E-state index in [2.05, 4.69) is 52.4 Å². The first kappa shape index (κ1) is 14.6. The lowest BCUT2D eigenvalue weighted by Crippen LogP contribution is -2.13. The van der Waals surface area contributed by atoms with Crippen molar-refractivity contribution in [3.05, 3.63) is 57.5 Å². The van der Waals surface area contributed by atoms with E-state index in [1.165, 1.54) is 5.56 Å². The average Bonchev–Trinajstić information content (AvgIpc) is 2.42. The van der Waals surface area contributed by atoms with E-state index in [-0.39, 0.29) is 0 Å². The quantitative estimate of drug-likeness (QED) is 0.732. The summed E-state index contributed by atoms with van der Waals surface area (Å²) in [6.45, 7) is 4.00. The monoisotopic (exact) mass is 337 g/mol. The molecular weight excluding hydrogens is 322 g/mol. The summed E-state index contributed by atoms with van der Waals surface area (Å²) in [5.41, 5.74) is 3.48. The Morgan fingerprint density at radius 2 is 1.74 bits per heavy atom. The second kappa shape index (κ2) is 7.09. The zero-order valence-electron chi connectivity index (χ0n) is 10.9. The van der Waals surface area contributed by atoms with Crippen LogP contribution in [0.3, 0.4) is 0 Å². The van der Waals surface area contributed by atoms with Crippen LogP contribution in [-0.4, -0.2) is 6.54 Å². The van der Waals surface area contributed by atoms with E-state index < -0.39 is 0 Å². The molecule has 0 fully saturated rings. The van der Waals surface area contributed by atoms with Gasteiger partial charge in [-0.15, -0.1) is 0 Å². The summed E-state index contributed by atoms with van der Waals surface area (Å²) in [5.74, 6) is 0. The minimum atomic E-state index is 0.823. The Bertz CT molecular complexity index is 537. The molecule has 19 heavy (non-hydrogen) atoms. The lowest BCUT2D eigenvalue weighted by atomic mass is 10.0. The smallest absolute Gasteiger partial charge is 0.0457 e. The molecule has 1 nitrogen and oxygen atoms in total. The highest BCUT2D eigenvalue weighted by atomic mass is 79.9. The van der Waals surface area contributed by atoms with E-state index in [9.17, 15) is 0 Å². The van der Waals surface area contributed by atoms with Crippen molar-refractivity contribution < 1.29 is 0 Å². The van der Waals surface area contributed by atoms with Crippen molar-refractivity contribution in [1.29, 1.82) is 0 Å². The summed E-state index contributed by atoms with van der Waals surface area (Å²) < 4.78 is 1.09. The summed E-state index contributed by atoms with van der Waals surface area (Å²) in [4.78, 5) is 0. The zero-order chi connectivity index (χ0) is 13.7. The number of rotatable bonds is 5. The van der Waals surface area contributed by atoms with Gasteiger partial charge in [0.2, 0.25) is 0 Å². The third kappa shape index (κ3) is 4.07. The Morgan fingerprint density at radius 3 is 2.37 bits per heavy atom. The van der Waals surface area contributed by atoms with E-state index in [0.29, 0.717) is 0 Å². The number of benzene rings is 2. The molecule has 0 heterocycles. The predicted molar refractivity (Wildman–Crippen MR) is 86.6 cm³/mol. The van der Waals surface area contributed by atoms with Crippen molar-refractivity contribution in [1.82, 2.24) is 5.32 Å². The van der Waals surface area contributed by atoms with Crippen molar-refractivity contribution >= 4 is 27.5 Å². The molecule has 0 bridgehead atoms. The van der Waals surface area contributed by atoms with Crippen LogP contribution in [0.2, 0.25) is 5.02 Å². The summed E-state index contributed by atoms with van der Waals surface area (Å²) in [5, 5.41) is 4.19. The molecule has 0 saturated carbocycles. The fraction of sp³-hybridized carbons (Fsp3) is 0.250. The molecular formula is C16H17BrClN. The SMILES string of the molecule is CCCNCc1ccc(-c2ccc(Br)cc2)cc1Cl. The average molecular weight is 339 g/mol. The lowest BCUT2D eigenvalue weighted by Gasteiger charge is -2.08. The van der Waals surface area contributed by atoms with Gasteiger partial charge < -0.3 is 5.32 Å². The standard InChI is InChI=1S/C16H17BrClN/c1-2-9-19-11-14-4-3-13(10-16(14)18)12-5-7-15(17)8-6-12/h3-8,10,19H,2,9,11H2,1H3. The molecule has 0 aliphatic carbocycles. The van der Waals surface area contributed by atoms with Crippen molar-refractivity contribution in [2.45, 2.75) is 19.9 Å². The molecule has 0 aliphatic heterocycles. The van der Waals surface area contributed by atoms with Crippen molar-refractivity contribution in [3.8, 4) is 11.1 Å². The largest absolute Gasteiger partial charge is 0.313 e. The number of nitrogens with one attached hydrogen (secondary N) is 1. The molecule has 1 N–H and O–H groups in total. The molecule has 0 unspecified atom stereocenters. The Morgan fingerprint density at radius 1 is 1.05 bits per heavy atom. The first-order chi connectivity index (χ1) is 9.20. The second-order valence-corrected chi connectivity index (χ2v) is 5.81. The summed E-state index contributed by atoms with van der Waals surface area (Å²) in [6, 6.07) is 14.5. The molecule has 2 rings (SSSR count). The van der Waals surface area contributed by atoms with Gasteiger partial charge in [-0.1, -0.05) is 58.7 Å². The maximum atomic E-state index is 6.34. The molecule has 2 aromatic rings. The normalized spacial score (nSPS) is 10.7. The van der Waals surface area contributed by atoms with Gasteiger partial charge in [0, 0.05) is 16.0 Å². The van der Waals surface area contributed by atoms with Gasteiger partial charge in [0.05, 0.1) is 0 Å². The van der Waals surface area contributed by atoms with Crippen LogP contribution in [-0.2, 0) is 6.54 Å². The highest BCUT2D eigenvalue weighted by molar-refractivity contribution is 9.10. The third-order valence-electron chi connectivity index (χ3n) is 2.97. The third-order valence-corrected chi connectivity index (χ3v) is 3.85. The van der Waals surface area contributed by atoms with Gasteiger partial charge in [-0.3, -0.25) is 0 Å². The van der Waals surface area contributed by atoms with Crippen LogP contribution in [0.25, 0.3) is 11.1 Å². The van der Waals surface area contributed by atoms with Crippen LogP contribution in [0.1, 0.15) is 18.9 Å². The maximum absolute atomic E-state index is 6.34. The molecule has 0 radical (unpaired) electrons. The van der Waals surface area contributed by atoms with Gasteiger partial charge in [0.15, 0.2) is 0 Å². The summed E-state index contributed by atoms with van der Waals surface area (Å²) >= 11 is 9.79. The molecule has 3 heteroatoms. The number of hydrogen-bond donors (Lipinski definition) is 1. The highest BCUT2D eigenvalue weighted by Crippen LogP contribution is 2.26. The zero-order valence-corrected chi connectivity index (χ0v) is 13.3. The Hall–Kier alpha value is -0.830. The van der Waals surface area contributed by atoms with E-state index in [0.717, 1.165) is 40.1 Å². The van der Waals surface area contributed by atoms with Crippen molar-refractivity contribution in [2.75, 3.05) is 6.54 Å². The van der Waals surface area contributed by atoms with Crippen LogP contribution in [0.15, 0.2) is 46.9 Å². The van der Waals surface area contributed by atoms with Crippen LogP contribution in [0.5, 0.6) is 0 Å². The van der Waals surface area contributed by atoms with E-state index in [1.807, 2.05) is 18.2 Å². The van der Waals surface area contributed by atoms with Crippen molar-refractivity contribution in [2.24, 2.45) is 0 Å². The van der Waals surface area contributed by atoms with Gasteiger partial charge in [-0.25, -0.2) is 0 Å².